The number of piperidine rings is 1. The van der Waals surface area contributed by atoms with Crippen LogP contribution in [0.5, 0.6) is 5.75 Å². The van der Waals surface area contributed by atoms with E-state index in [2.05, 4.69) is 23.1 Å². The third-order valence-electron chi connectivity index (χ3n) is 8.26. The van der Waals surface area contributed by atoms with Gasteiger partial charge < -0.3 is 9.84 Å². The molecule has 0 amide bonds. The van der Waals surface area contributed by atoms with E-state index >= 15 is 0 Å². The summed E-state index contributed by atoms with van der Waals surface area (Å²) < 4.78 is 5.57. The Kier molecular flexibility index (Phi) is 3.02. The van der Waals surface area contributed by atoms with Gasteiger partial charge in [-0.15, -0.1) is 0 Å². The van der Waals surface area contributed by atoms with Crippen molar-refractivity contribution in [3.63, 3.8) is 0 Å². The molecule has 25 heavy (non-hydrogen) atoms. The van der Waals surface area contributed by atoms with Crippen LogP contribution in [0.1, 0.15) is 43.2 Å². The zero-order valence-corrected chi connectivity index (χ0v) is 15.2. The van der Waals surface area contributed by atoms with Gasteiger partial charge in [-0.25, -0.2) is 0 Å². The number of methoxy groups -OCH3 is 1. The molecular weight excluding hydrogens is 310 g/mol. The molecule has 6 atom stereocenters. The Morgan fingerprint density at radius 1 is 1.28 bits per heavy atom. The molecule has 1 aromatic carbocycles. The predicted octanol–water partition coefficient (Wildman–Crippen LogP) is 2.99. The molecule has 1 saturated heterocycles. The largest absolute Gasteiger partial charge is 0.497 e. The van der Waals surface area contributed by atoms with Crippen molar-refractivity contribution in [2.24, 2.45) is 23.7 Å². The lowest BCUT2D eigenvalue weighted by atomic mass is 9.51. The number of likely N-dealkylation sites (tertiary alicyclic amines) is 1. The summed E-state index contributed by atoms with van der Waals surface area (Å²) in [6.45, 7) is 2.54. The van der Waals surface area contributed by atoms with Crippen LogP contribution in [0.2, 0.25) is 0 Å². The molecule has 2 bridgehead atoms. The SMILES string of the molecule is COc1ccc2c(c1)[C@]13CCN(CC4CC4)[C@H](C2)[C@@H]1C1CC1C(O)C3. The van der Waals surface area contributed by atoms with Crippen molar-refractivity contribution in [1.82, 2.24) is 4.90 Å². The topological polar surface area (TPSA) is 32.7 Å². The standard InChI is InChI=1S/C22H29NO2/c1-25-15-5-4-14-8-19-21-17-10-16(17)20(24)11-22(21,18(14)9-15)6-7-23(19)12-13-2-3-13/h4-5,9,13,16-17,19-21,24H,2-3,6-8,10-12H2,1H3/t16?,17?,19-,20?,21+,22-/m1/s1. The second kappa shape index (κ2) is 5.01. The maximum Gasteiger partial charge on any atom is 0.119 e. The normalized spacial score (nSPS) is 44.5. The summed E-state index contributed by atoms with van der Waals surface area (Å²) >= 11 is 0. The van der Waals surface area contributed by atoms with Crippen LogP contribution in [-0.2, 0) is 11.8 Å². The predicted molar refractivity (Wildman–Crippen MR) is 96.8 cm³/mol. The summed E-state index contributed by atoms with van der Waals surface area (Å²) in [5, 5.41) is 10.8. The first kappa shape index (κ1) is 15.0. The molecule has 4 aliphatic carbocycles. The Labute approximate surface area is 150 Å². The van der Waals surface area contributed by atoms with E-state index in [9.17, 15) is 5.11 Å². The van der Waals surface area contributed by atoms with E-state index in [1.165, 1.54) is 56.3 Å². The molecule has 0 spiro atoms. The average molecular weight is 339 g/mol. The fourth-order valence-electron chi connectivity index (χ4n) is 6.91. The third kappa shape index (κ3) is 2.06. The highest BCUT2D eigenvalue weighted by Gasteiger charge is 2.66. The first-order chi connectivity index (χ1) is 12.2. The molecule has 6 rings (SSSR count). The van der Waals surface area contributed by atoms with Gasteiger partial charge >= 0.3 is 0 Å². The van der Waals surface area contributed by atoms with Crippen LogP contribution < -0.4 is 4.74 Å². The molecule has 0 aromatic heterocycles. The Morgan fingerprint density at radius 3 is 2.96 bits per heavy atom. The Hall–Kier alpha value is -1.06. The molecule has 1 aliphatic heterocycles. The lowest BCUT2D eigenvalue weighted by Crippen LogP contribution is -2.63. The molecule has 1 aromatic rings. The lowest BCUT2D eigenvalue weighted by Gasteiger charge is -2.60. The summed E-state index contributed by atoms with van der Waals surface area (Å²) in [4.78, 5) is 2.85. The van der Waals surface area contributed by atoms with Crippen LogP contribution in [0.25, 0.3) is 0 Å². The van der Waals surface area contributed by atoms with Gasteiger partial charge in [0.25, 0.3) is 0 Å². The molecule has 3 saturated carbocycles. The van der Waals surface area contributed by atoms with E-state index in [4.69, 9.17) is 4.74 Å². The molecule has 5 aliphatic rings. The molecule has 3 nitrogen and oxygen atoms in total. The van der Waals surface area contributed by atoms with Crippen molar-refractivity contribution in [3.8, 4) is 5.75 Å². The molecule has 4 fully saturated rings. The fourth-order valence-corrected chi connectivity index (χ4v) is 6.91. The molecule has 1 N–H and O–H groups in total. The molecule has 0 radical (unpaired) electrons. The van der Waals surface area contributed by atoms with E-state index < -0.39 is 0 Å². The van der Waals surface area contributed by atoms with Gasteiger partial charge in [0.15, 0.2) is 0 Å². The second-order valence-electron chi connectivity index (χ2n) is 9.50. The fraction of sp³-hybridized carbons (Fsp3) is 0.727. The Morgan fingerprint density at radius 2 is 2.16 bits per heavy atom. The number of aliphatic hydroxyl groups excluding tert-OH is 1. The molecule has 1 heterocycles. The minimum Gasteiger partial charge on any atom is -0.497 e. The minimum absolute atomic E-state index is 0.0889. The van der Waals surface area contributed by atoms with Gasteiger partial charge in [-0.1, -0.05) is 6.07 Å². The Bertz CT molecular complexity index is 714. The second-order valence-corrected chi connectivity index (χ2v) is 9.50. The van der Waals surface area contributed by atoms with Crippen molar-refractivity contribution in [2.45, 2.75) is 56.1 Å². The van der Waals surface area contributed by atoms with Crippen LogP contribution in [-0.4, -0.2) is 42.4 Å². The highest BCUT2D eigenvalue weighted by atomic mass is 16.5. The highest BCUT2D eigenvalue weighted by Crippen LogP contribution is 2.66. The van der Waals surface area contributed by atoms with Crippen molar-refractivity contribution >= 4 is 0 Å². The van der Waals surface area contributed by atoms with Gasteiger partial charge in [-0.2, -0.15) is 0 Å². The number of nitrogens with zero attached hydrogens (tertiary/aromatic N) is 1. The molecular formula is C22H29NO2. The minimum atomic E-state index is -0.0889. The molecule has 3 unspecified atom stereocenters. The van der Waals surface area contributed by atoms with Crippen LogP contribution in [0.3, 0.4) is 0 Å². The van der Waals surface area contributed by atoms with E-state index in [0.29, 0.717) is 12.0 Å². The summed E-state index contributed by atoms with van der Waals surface area (Å²) in [7, 11) is 1.77. The number of hydrogen-bond donors (Lipinski definition) is 1. The monoisotopic (exact) mass is 339 g/mol. The van der Waals surface area contributed by atoms with Gasteiger partial charge in [0.05, 0.1) is 13.2 Å². The van der Waals surface area contributed by atoms with Crippen molar-refractivity contribution < 1.29 is 9.84 Å². The van der Waals surface area contributed by atoms with Crippen molar-refractivity contribution in [3.05, 3.63) is 29.3 Å². The number of fused-ring (bicyclic) bond motifs is 2. The highest BCUT2D eigenvalue weighted by molar-refractivity contribution is 5.47. The van der Waals surface area contributed by atoms with E-state index in [1.54, 1.807) is 7.11 Å². The number of ether oxygens (including phenoxy) is 1. The van der Waals surface area contributed by atoms with Crippen LogP contribution in [0.15, 0.2) is 18.2 Å². The summed E-state index contributed by atoms with van der Waals surface area (Å²) in [6, 6.07) is 7.46. The van der Waals surface area contributed by atoms with Gasteiger partial charge in [0, 0.05) is 18.0 Å². The molecule has 134 valence electrons. The maximum atomic E-state index is 10.8. The number of aliphatic hydroxyl groups is 1. The maximum absolute atomic E-state index is 10.8. The van der Waals surface area contributed by atoms with E-state index in [1.807, 2.05) is 0 Å². The van der Waals surface area contributed by atoms with Gasteiger partial charge in [-0.3, -0.25) is 4.90 Å². The van der Waals surface area contributed by atoms with E-state index in [-0.39, 0.29) is 11.5 Å². The van der Waals surface area contributed by atoms with Gasteiger partial charge in [0.2, 0.25) is 0 Å². The van der Waals surface area contributed by atoms with Crippen LogP contribution in [0, 0.1) is 23.7 Å². The lowest BCUT2D eigenvalue weighted by molar-refractivity contribution is -0.0560. The zero-order chi connectivity index (χ0) is 16.8. The first-order valence-corrected chi connectivity index (χ1v) is 10.3. The van der Waals surface area contributed by atoms with Crippen LogP contribution in [0.4, 0.5) is 0 Å². The summed E-state index contributed by atoms with van der Waals surface area (Å²) in [6.07, 6.45) is 7.47. The third-order valence-corrected chi connectivity index (χ3v) is 8.26. The quantitative estimate of drug-likeness (QED) is 0.919. The smallest absolute Gasteiger partial charge is 0.119 e. The summed E-state index contributed by atoms with van der Waals surface area (Å²) in [5.41, 5.74) is 3.24. The van der Waals surface area contributed by atoms with Gasteiger partial charge in [0.1, 0.15) is 5.75 Å². The van der Waals surface area contributed by atoms with Gasteiger partial charge in [-0.05, 0) is 92.0 Å². The summed E-state index contributed by atoms with van der Waals surface area (Å²) in [5.74, 6) is 4.06. The number of rotatable bonds is 3. The Balaban J connectivity index is 1.47. The van der Waals surface area contributed by atoms with E-state index in [0.717, 1.165) is 29.9 Å². The molecule has 3 heteroatoms. The number of benzene rings is 1. The van der Waals surface area contributed by atoms with Crippen molar-refractivity contribution in [1.29, 1.82) is 0 Å². The van der Waals surface area contributed by atoms with Crippen LogP contribution >= 0.6 is 0 Å². The number of hydrogen-bond acceptors (Lipinski definition) is 3. The first-order valence-electron chi connectivity index (χ1n) is 10.3. The zero-order valence-electron chi connectivity index (χ0n) is 15.2. The van der Waals surface area contributed by atoms with Crippen molar-refractivity contribution in [2.75, 3.05) is 20.2 Å². The average Bonchev–Trinajstić information content (AvgIpc) is 3.51.